The molecule has 31 heavy (non-hydrogen) atoms. The highest BCUT2D eigenvalue weighted by Crippen LogP contribution is 2.21. The first-order valence-corrected chi connectivity index (χ1v) is 11.0. The average Bonchev–Trinajstić information content (AvgIpc) is 2.81. The molecule has 3 aromatic carbocycles. The molecule has 1 saturated heterocycles. The van der Waals surface area contributed by atoms with Crippen molar-refractivity contribution in [1.29, 1.82) is 0 Å². The number of amides is 1. The van der Waals surface area contributed by atoms with E-state index in [-0.39, 0.29) is 5.91 Å². The van der Waals surface area contributed by atoms with Crippen molar-refractivity contribution in [1.82, 2.24) is 4.90 Å². The molecule has 0 saturated carbocycles. The monoisotopic (exact) mass is 428 g/mol. The number of hydrogen-bond donors (Lipinski definition) is 1. The second-order valence-corrected chi connectivity index (χ2v) is 8.26. The second-order valence-electron chi connectivity index (χ2n) is 7.82. The van der Waals surface area contributed by atoms with Gasteiger partial charge in [0.1, 0.15) is 0 Å². The number of nitrogens with one attached hydrogen (secondary N) is 1. The normalized spacial score (nSPS) is 13.8. The fourth-order valence-corrected chi connectivity index (χ4v) is 3.87. The number of halogens is 1. The average molecular weight is 429 g/mol. The molecule has 0 spiro atoms. The molecule has 1 fully saturated rings. The molecule has 0 bridgehead atoms. The van der Waals surface area contributed by atoms with E-state index in [1.807, 2.05) is 60.7 Å². The minimum atomic E-state index is -0.314. The van der Waals surface area contributed by atoms with Crippen molar-refractivity contribution in [3.8, 4) is 23.0 Å². The number of anilines is 1. The topological polar surface area (TPSA) is 32.3 Å². The van der Waals surface area contributed by atoms with E-state index in [1.54, 1.807) is 0 Å². The van der Waals surface area contributed by atoms with Crippen LogP contribution in [0.25, 0.3) is 11.1 Å². The molecule has 4 rings (SSSR count). The van der Waals surface area contributed by atoms with Gasteiger partial charge in [-0.3, -0.25) is 9.69 Å². The van der Waals surface area contributed by atoms with E-state index in [0.717, 1.165) is 28.9 Å². The highest BCUT2D eigenvalue weighted by atomic mass is 35.5. The fraction of sp³-hybridized carbons (Fsp3) is 0.222. The van der Waals surface area contributed by atoms with Gasteiger partial charge in [0.2, 0.25) is 0 Å². The summed E-state index contributed by atoms with van der Waals surface area (Å²) in [4.78, 5) is 14.7. The Kier molecular flexibility index (Phi) is 7.04. The maximum absolute atomic E-state index is 12.2. The van der Waals surface area contributed by atoms with Gasteiger partial charge in [0.05, 0.1) is 0 Å². The van der Waals surface area contributed by atoms with Crippen molar-refractivity contribution < 1.29 is 4.79 Å². The van der Waals surface area contributed by atoms with Gasteiger partial charge in [0, 0.05) is 28.7 Å². The van der Waals surface area contributed by atoms with E-state index in [4.69, 9.17) is 11.6 Å². The van der Waals surface area contributed by atoms with E-state index >= 15 is 0 Å². The molecule has 0 radical (unpaired) electrons. The lowest BCUT2D eigenvalue weighted by Gasteiger charge is -2.26. The molecule has 1 aliphatic rings. The van der Waals surface area contributed by atoms with Crippen LogP contribution < -0.4 is 5.32 Å². The lowest BCUT2D eigenvalue weighted by atomic mass is 10.0. The Morgan fingerprint density at radius 1 is 0.839 bits per heavy atom. The third-order valence-electron chi connectivity index (χ3n) is 5.45. The maximum atomic E-state index is 12.2. The van der Waals surface area contributed by atoms with Gasteiger partial charge in [-0.1, -0.05) is 60.3 Å². The van der Waals surface area contributed by atoms with E-state index in [0.29, 0.717) is 5.02 Å². The Hall–Kier alpha value is -3.06. The van der Waals surface area contributed by atoms with Gasteiger partial charge in [-0.25, -0.2) is 0 Å². The molecule has 156 valence electrons. The molecule has 4 heteroatoms. The van der Waals surface area contributed by atoms with Crippen LogP contribution in [0, 0.1) is 11.8 Å². The SMILES string of the molecule is O=C(C#Cc1ccc(-c2ccc(Cl)cc2)cc1)Nc1ccc(CN2CCCCC2)cc1. The van der Waals surface area contributed by atoms with Gasteiger partial charge >= 0.3 is 5.91 Å². The van der Waals surface area contributed by atoms with Crippen molar-refractivity contribution in [3.05, 3.63) is 88.9 Å². The molecule has 0 aliphatic carbocycles. The van der Waals surface area contributed by atoms with Crippen molar-refractivity contribution in [2.45, 2.75) is 25.8 Å². The molecule has 0 aromatic heterocycles. The van der Waals surface area contributed by atoms with Crippen LogP contribution in [0.5, 0.6) is 0 Å². The van der Waals surface area contributed by atoms with Crippen LogP contribution >= 0.6 is 11.6 Å². The third kappa shape index (κ3) is 6.21. The number of piperidine rings is 1. The number of benzene rings is 3. The van der Waals surface area contributed by atoms with Crippen molar-refractivity contribution in [2.24, 2.45) is 0 Å². The zero-order chi connectivity index (χ0) is 21.5. The van der Waals surface area contributed by atoms with Crippen molar-refractivity contribution in [2.75, 3.05) is 18.4 Å². The summed E-state index contributed by atoms with van der Waals surface area (Å²) in [6, 6.07) is 23.6. The number of likely N-dealkylation sites (tertiary alicyclic amines) is 1. The summed E-state index contributed by atoms with van der Waals surface area (Å²) in [5, 5.41) is 3.56. The van der Waals surface area contributed by atoms with E-state index in [2.05, 4.69) is 34.2 Å². The molecule has 3 aromatic rings. The van der Waals surface area contributed by atoms with Gasteiger partial charge in [-0.15, -0.1) is 0 Å². The molecule has 3 nitrogen and oxygen atoms in total. The number of carbonyl (C=O) groups is 1. The first kappa shape index (κ1) is 21.2. The van der Waals surface area contributed by atoms with Crippen LogP contribution in [0.2, 0.25) is 5.02 Å². The third-order valence-corrected chi connectivity index (χ3v) is 5.70. The Labute approximate surface area is 189 Å². The summed E-state index contributed by atoms with van der Waals surface area (Å²) >= 11 is 5.94. The highest BCUT2D eigenvalue weighted by Gasteiger charge is 2.10. The minimum absolute atomic E-state index is 0.314. The van der Waals surface area contributed by atoms with Gasteiger partial charge in [0.15, 0.2) is 0 Å². The first-order chi connectivity index (χ1) is 15.2. The summed E-state index contributed by atoms with van der Waals surface area (Å²) in [7, 11) is 0. The summed E-state index contributed by atoms with van der Waals surface area (Å²) in [5.74, 6) is 5.28. The predicted octanol–water partition coefficient (Wildman–Crippen LogP) is 5.98. The second kappa shape index (κ2) is 10.3. The smallest absolute Gasteiger partial charge is 0.300 e. The highest BCUT2D eigenvalue weighted by molar-refractivity contribution is 6.30. The number of hydrogen-bond acceptors (Lipinski definition) is 2. The van der Waals surface area contributed by atoms with Crippen LogP contribution in [-0.4, -0.2) is 23.9 Å². The Bertz CT molecular complexity index is 1070. The van der Waals surface area contributed by atoms with Gasteiger partial charge in [-0.2, -0.15) is 0 Å². The molecule has 0 atom stereocenters. The quantitative estimate of drug-likeness (QED) is 0.518. The Morgan fingerprint density at radius 3 is 2.10 bits per heavy atom. The van der Waals surface area contributed by atoms with Gasteiger partial charge in [0.25, 0.3) is 0 Å². The standard InChI is InChI=1S/C27H25ClN2O/c28-25-13-11-24(12-14-25)23-9-4-21(5-10-23)8-17-27(31)29-26-15-6-22(7-16-26)20-30-18-2-1-3-19-30/h4-7,9-16H,1-3,18-20H2,(H,29,31). The summed E-state index contributed by atoms with van der Waals surface area (Å²) in [5.41, 5.74) is 5.00. The zero-order valence-electron chi connectivity index (χ0n) is 17.4. The Balaban J connectivity index is 1.32. The molecular formula is C27H25ClN2O. The van der Waals surface area contributed by atoms with E-state index in [9.17, 15) is 4.79 Å². The molecular weight excluding hydrogens is 404 g/mol. The van der Waals surface area contributed by atoms with Crippen LogP contribution in [0.1, 0.15) is 30.4 Å². The summed E-state index contributed by atoms with van der Waals surface area (Å²) in [6.07, 6.45) is 3.92. The van der Waals surface area contributed by atoms with E-state index in [1.165, 1.54) is 37.9 Å². The lowest BCUT2D eigenvalue weighted by molar-refractivity contribution is -0.111. The number of rotatable bonds is 4. The summed E-state index contributed by atoms with van der Waals surface area (Å²) in [6.45, 7) is 3.32. The van der Waals surface area contributed by atoms with Crippen LogP contribution in [0.3, 0.4) is 0 Å². The Morgan fingerprint density at radius 2 is 1.45 bits per heavy atom. The molecule has 0 unspecified atom stereocenters. The molecule has 1 amide bonds. The van der Waals surface area contributed by atoms with Crippen LogP contribution in [-0.2, 0) is 11.3 Å². The number of carbonyl (C=O) groups excluding carboxylic acids is 1. The van der Waals surface area contributed by atoms with Crippen LogP contribution in [0.15, 0.2) is 72.8 Å². The predicted molar refractivity (Wildman–Crippen MR) is 128 cm³/mol. The molecule has 1 N–H and O–H groups in total. The summed E-state index contributed by atoms with van der Waals surface area (Å²) < 4.78 is 0. The van der Waals surface area contributed by atoms with E-state index < -0.39 is 0 Å². The van der Waals surface area contributed by atoms with Gasteiger partial charge in [-0.05, 0) is 79.0 Å². The zero-order valence-corrected chi connectivity index (χ0v) is 18.2. The number of nitrogens with zero attached hydrogens (tertiary/aromatic N) is 1. The van der Waals surface area contributed by atoms with Crippen LogP contribution in [0.4, 0.5) is 5.69 Å². The maximum Gasteiger partial charge on any atom is 0.300 e. The van der Waals surface area contributed by atoms with Crippen molar-refractivity contribution >= 4 is 23.2 Å². The molecule has 1 heterocycles. The first-order valence-electron chi connectivity index (χ1n) is 10.7. The largest absolute Gasteiger partial charge is 0.315 e. The molecule has 1 aliphatic heterocycles. The fourth-order valence-electron chi connectivity index (χ4n) is 3.75. The minimum Gasteiger partial charge on any atom is -0.315 e. The van der Waals surface area contributed by atoms with Gasteiger partial charge < -0.3 is 5.32 Å². The van der Waals surface area contributed by atoms with Crippen molar-refractivity contribution in [3.63, 3.8) is 0 Å². The lowest BCUT2D eigenvalue weighted by Crippen LogP contribution is -2.29.